The van der Waals surface area contributed by atoms with Crippen molar-refractivity contribution in [2.75, 3.05) is 11.5 Å². The SMILES string of the molecule is O=S1(=O)CCC(c2ccccc2Br)C1. The van der Waals surface area contributed by atoms with Crippen molar-refractivity contribution >= 4 is 25.8 Å². The van der Waals surface area contributed by atoms with Crippen molar-refractivity contribution in [3.63, 3.8) is 0 Å². The summed E-state index contributed by atoms with van der Waals surface area (Å²) in [4.78, 5) is 0. The third-order valence-corrected chi connectivity index (χ3v) is 5.07. The molecule has 0 aromatic heterocycles. The van der Waals surface area contributed by atoms with Gasteiger partial charge in [-0.25, -0.2) is 8.42 Å². The van der Waals surface area contributed by atoms with Crippen molar-refractivity contribution < 1.29 is 8.42 Å². The molecule has 1 aliphatic heterocycles. The lowest BCUT2D eigenvalue weighted by Gasteiger charge is -2.09. The lowest BCUT2D eigenvalue weighted by atomic mass is 9.99. The molecule has 76 valence electrons. The smallest absolute Gasteiger partial charge is 0.150 e. The highest BCUT2D eigenvalue weighted by atomic mass is 79.9. The van der Waals surface area contributed by atoms with Crippen LogP contribution in [0.5, 0.6) is 0 Å². The maximum Gasteiger partial charge on any atom is 0.150 e. The fourth-order valence-corrected chi connectivity index (χ4v) is 4.22. The summed E-state index contributed by atoms with van der Waals surface area (Å²) in [6, 6.07) is 7.85. The van der Waals surface area contributed by atoms with Gasteiger partial charge in [0.2, 0.25) is 0 Å². The first kappa shape index (κ1) is 10.2. The Morgan fingerprint density at radius 3 is 2.57 bits per heavy atom. The molecular weight excluding hydrogens is 264 g/mol. The zero-order valence-corrected chi connectivity index (χ0v) is 10.0. The topological polar surface area (TPSA) is 34.1 Å². The Hall–Kier alpha value is -0.350. The average Bonchev–Trinajstić information content (AvgIpc) is 2.47. The summed E-state index contributed by atoms with van der Waals surface area (Å²) in [6.07, 6.45) is 0.755. The van der Waals surface area contributed by atoms with Crippen LogP contribution in [0.2, 0.25) is 0 Å². The number of rotatable bonds is 1. The Morgan fingerprint density at radius 2 is 2.00 bits per heavy atom. The molecule has 14 heavy (non-hydrogen) atoms. The summed E-state index contributed by atoms with van der Waals surface area (Å²) in [5, 5.41) is 0. The molecule has 1 saturated heterocycles. The lowest BCUT2D eigenvalue weighted by Crippen LogP contribution is -2.04. The molecule has 0 radical (unpaired) electrons. The van der Waals surface area contributed by atoms with Gasteiger partial charge in [0.1, 0.15) is 0 Å². The number of sulfone groups is 1. The number of hydrogen-bond acceptors (Lipinski definition) is 2. The maximum absolute atomic E-state index is 11.3. The molecule has 0 spiro atoms. The third kappa shape index (κ3) is 2.01. The van der Waals surface area contributed by atoms with Crippen LogP contribution < -0.4 is 0 Å². The van der Waals surface area contributed by atoms with Crippen molar-refractivity contribution in [1.82, 2.24) is 0 Å². The monoisotopic (exact) mass is 274 g/mol. The van der Waals surface area contributed by atoms with E-state index in [2.05, 4.69) is 15.9 Å². The van der Waals surface area contributed by atoms with Crippen LogP contribution in [-0.2, 0) is 9.84 Å². The first-order chi connectivity index (χ1) is 6.58. The molecule has 4 heteroatoms. The second-order valence-corrected chi connectivity index (χ2v) is 6.70. The minimum Gasteiger partial charge on any atom is -0.229 e. The summed E-state index contributed by atoms with van der Waals surface area (Å²) in [6.45, 7) is 0. The second-order valence-electron chi connectivity index (χ2n) is 3.62. The molecule has 0 aliphatic carbocycles. The molecule has 0 N–H and O–H groups in total. The molecule has 2 nitrogen and oxygen atoms in total. The molecule has 0 bridgehead atoms. The Labute approximate surface area is 92.4 Å². The van der Waals surface area contributed by atoms with E-state index < -0.39 is 9.84 Å². The molecular formula is C10H11BrO2S. The van der Waals surface area contributed by atoms with Gasteiger partial charge in [-0.05, 0) is 24.0 Å². The van der Waals surface area contributed by atoms with E-state index in [1.807, 2.05) is 24.3 Å². The van der Waals surface area contributed by atoms with E-state index in [0.29, 0.717) is 11.5 Å². The largest absolute Gasteiger partial charge is 0.229 e. The maximum atomic E-state index is 11.3. The highest BCUT2D eigenvalue weighted by molar-refractivity contribution is 9.10. The van der Waals surface area contributed by atoms with Crippen LogP contribution in [0.4, 0.5) is 0 Å². The van der Waals surface area contributed by atoms with Crippen LogP contribution in [-0.4, -0.2) is 19.9 Å². The van der Waals surface area contributed by atoms with Gasteiger partial charge in [0, 0.05) is 4.47 Å². The average molecular weight is 275 g/mol. The highest BCUT2D eigenvalue weighted by Gasteiger charge is 2.29. The molecule has 1 aromatic carbocycles. The van der Waals surface area contributed by atoms with Gasteiger partial charge in [-0.1, -0.05) is 34.1 Å². The van der Waals surface area contributed by atoms with Gasteiger partial charge < -0.3 is 0 Å². The van der Waals surface area contributed by atoms with E-state index in [4.69, 9.17) is 0 Å². The second kappa shape index (κ2) is 3.66. The number of benzene rings is 1. The molecule has 1 unspecified atom stereocenters. The lowest BCUT2D eigenvalue weighted by molar-refractivity contribution is 0.601. The van der Waals surface area contributed by atoms with Crippen molar-refractivity contribution in [1.29, 1.82) is 0 Å². The Kier molecular flexibility index (Phi) is 2.66. The van der Waals surface area contributed by atoms with E-state index in [9.17, 15) is 8.42 Å². The quantitative estimate of drug-likeness (QED) is 0.788. The van der Waals surface area contributed by atoms with E-state index in [0.717, 1.165) is 16.5 Å². The first-order valence-corrected chi connectivity index (χ1v) is 7.15. The zero-order valence-electron chi connectivity index (χ0n) is 7.61. The van der Waals surface area contributed by atoms with Gasteiger partial charge in [0.05, 0.1) is 11.5 Å². The molecule has 1 fully saturated rings. The standard InChI is InChI=1S/C10H11BrO2S/c11-10-4-2-1-3-9(10)8-5-6-14(12,13)7-8/h1-4,8H,5-7H2. The highest BCUT2D eigenvalue weighted by Crippen LogP contribution is 2.33. The van der Waals surface area contributed by atoms with Crippen LogP contribution in [0.25, 0.3) is 0 Å². The molecule has 0 amide bonds. The summed E-state index contributed by atoms with van der Waals surface area (Å²) >= 11 is 3.45. The van der Waals surface area contributed by atoms with E-state index in [-0.39, 0.29) is 5.92 Å². The molecule has 2 rings (SSSR count). The van der Waals surface area contributed by atoms with Gasteiger partial charge in [0.15, 0.2) is 9.84 Å². The summed E-state index contributed by atoms with van der Waals surface area (Å²) in [7, 11) is -2.78. The van der Waals surface area contributed by atoms with E-state index in [1.165, 1.54) is 0 Å². The minimum absolute atomic E-state index is 0.176. The van der Waals surface area contributed by atoms with Crippen molar-refractivity contribution in [2.24, 2.45) is 0 Å². The summed E-state index contributed by atoms with van der Waals surface area (Å²) in [5.74, 6) is 0.810. The third-order valence-electron chi connectivity index (χ3n) is 2.58. The molecule has 1 aromatic rings. The van der Waals surface area contributed by atoms with Gasteiger partial charge in [0.25, 0.3) is 0 Å². The Balaban J connectivity index is 2.30. The van der Waals surface area contributed by atoms with Crippen LogP contribution in [0.15, 0.2) is 28.7 Å². The van der Waals surface area contributed by atoms with E-state index in [1.54, 1.807) is 0 Å². The number of halogens is 1. The van der Waals surface area contributed by atoms with Crippen LogP contribution in [0, 0.1) is 0 Å². The predicted octanol–water partition coefficient (Wildman–Crippen LogP) is 2.35. The predicted molar refractivity (Wildman–Crippen MR) is 60.2 cm³/mol. The molecule has 1 heterocycles. The van der Waals surface area contributed by atoms with Crippen molar-refractivity contribution in [2.45, 2.75) is 12.3 Å². The van der Waals surface area contributed by atoms with E-state index >= 15 is 0 Å². The van der Waals surface area contributed by atoms with Gasteiger partial charge in [-0.2, -0.15) is 0 Å². The van der Waals surface area contributed by atoms with Gasteiger partial charge >= 0.3 is 0 Å². The fraction of sp³-hybridized carbons (Fsp3) is 0.400. The molecule has 1 aliphatic rings. The summed E-state index contributed by atoms with van der Waals surface area (Å²) in [5.41, 5.74) is 1.12. The van der Waals surface area contributed by atoms with Gasteiger partial charge in [-0.3, -0.25) is 0 Å². The van der Waals surface area contributed by atoms with Crippen molar-refractivity contribution in [3.05, 3.63) is 34.3 Å². The molecule has 1 atom stereocenters. The minimum atomic E-state index is -2.78. The van der Waals surface area contributed by atoms with Crippen LogP contribution >= 0.6 is 15.9 Å². The van der Waals surface area contributed by atoms with Crippen LogP contribution in [0.3, 0.4) is 0 Å². The summed E-state index contributed by atoms with van der Waals surface area (Å²) < 4.78 is 23.6. The Morgan fingerprint density at radius 1 is 1.29 bits per heavy atom. The molecule has 0 saturated carbocycles. The van der Waals surface area contributed by atoms with Gasteiger partial charge in [-0.15, -0.1) is 0 Å². The number of hydrogen-bond donors (Lipinski definition) is 0. The fourth-order valence-electron chi connectivity index (χ4n) is 1.85. The Bertz CT molecular complexity index is 439. The first-order valence-electron chi connectivity index (χ1n) is 4.53. The van der Waals surface area contributed by atoms with Crippen molar-refractivity contribution in [3.8, 4) is 0 Å². The zero-order chi connectivity index (χ0) is 10.2. The van der Waals surface area contributed by atoms with Crippen LogP contribution in [0.1, 0.15) is 17.9 Å². The normalized spacial score (nSPS) is 25.1.